The van der Waals surface area contributed by atoms with E-state index in [1.807, 2.05) is 12.1 Å². The van der Waals surface area contributed by atoms with Crippen LogP contribution in [0.5, 0.6) is 0 Å². The van der Waals surface area contributed by atoms with E-state index in [9.17, 15) is 0 Å². The van der Waals surface area contributed by atoms with Crippen LogP contribution in [0.25, 0.3) is 0 Å². The Morgan fingerprint density at radius 2 is 1.41 bits per heavy atom. The van der Waals surface area contributed by atoms with Gasteiger partial charge in [0.15, 0.2) is 12.3 Å². The minimum absolute atomic E-state index is 0.0651. The van der Waals surface area contributed by atoms with Crippen molar-refractivity contribution in [2.24, 2.45) is 0 Å². The summed E-state index contributed by atoms with van der Waals surface area (Å²) in [4.78, 5) is 0. The molecule has 5 heteroatoms. The molecule has 0 bridgehead atoms. The molecule has 0 unspecified atom stereocenters. The number of hydrogen-bond donors (Lipinski definition) is 0. The van der Waals surface area contributed by atoms with Gasteiger partial charge in [-0.05, 0) is 31.4 Å². The molecule has 0 radical (unpaired) electrons. The fourth-order valence-electron chi connectivity index (χ4n) is 2.00. The van der Waals surface area contributed by atoms with Gasteiger partial charge in [-0.15, -0.1) is 0 Å². The summed E-state index contributed by atoms with van der Waals surface area (Å²) in [6.45, 7) is 6.54. The van der Waals surface area contributed by atoms with Crippen LogP contribution in [-0.2, 0) is 12.6 Å². The third-order valence-corrected chi connectivity index (χ3v) is 5.57. The summed E-state index contributed by atoms with van der Waals surface area (Å²) in [5.74, 6) is 0. The van der Waals surface area contributed by atoms with E-state index < -0.39 is 0 Å². The number of rotatable bonds is 8. The lowest BCUT2D eigenvalue weighted by molar-refractivity contribution is 0.426. The van der Waals surface area contributed by atoms with Crippen LogP contribution >= 0.6 is 32.3 Å². The van der Waals surface area contributed by atoms with Crippen molar-refractivity contribution in [3.8, 4) is 0 Å². The zero-order valence-electron chi connectivity index (χ0n) is 13.1. The Hall–Kier alpha value is -0.510. The Morgan fingerprint density at radius 1 is 0.909 bits per heavy atom. The maximum absolute atomic E-state index is 5.68. The van der Waals surface area contributed by atoms with Gasteiger partial charge in [0.05, 0.1) is 11.1 Å². The first kappa shape index (κ1) is 17.8. The molecule has 0 saturated carbocycles. The van der Waals surface area contributed by atoms with E-state index >= 15 is 0 Å². The molecule has 0 spiro atoms. The summed E-state index contributed by atoms with van der Waals surface area (Å²) in [5.41, 5.74) is 2.42. The molecule has 2 aromatic carbocycles. The second-order valence-corrected chi connectivity index (χ2v) is 9.63. The van der Waals surface area contributed by atoms with Crippen molar-refractivity contribution in [2.45, 2.75) is 11.7 Å². The summed E-state index contributed by atoms with van der Waals surface area (Å²) in [6.07, 6.45) is 0.744. The lowest BCUT2D eigenvalue weighted by Crippen LogP contribution is -2.19. The summed E-state index contributed by atoms with van der Waals surface area (Å²) in [7, 11) is -0.0651. The van der Waals surface area contributed by atoms with Gasteiger partial charge in [-0.2, -0.15) is 0 Å². The Balaban J connectivity index is 2.10. The average Bonchev–Trinajstić information content (AvgIpc) is 2.55. The molecule has 0 fully saturated rings. The molecule has 22 heavy (non-hydrogen) atoms. The molecule has 0 saturated heterocycles. The second kappa shape index (κ2) is 8.95. The van der Waals surface area contributed by atoms with Crippen LogP contribution in [0.15, 0.2) is 60.7 Å². The van der Waals surface area contributed by atoms with E-state index in [4.69, 9.17) is 7.81 Å². The molecule has 0 aliphatic carbocycles. The van der Waals surface area contributed by atoms with Gasteiger partial charge in [-0.25, -0.2) is 3.63 Å². The lowest BCUT2D eigenvalue weighted by Gasteiger charge is -2.28. The largest absolute Gasteiger partial charge is 0.286 e. The zero-order chi connectivity index (χ0) is 15.8. The van der Waals surface area contributed by atoms with Crippen molar-refractivity contribution < 1.29 is 7.81 Å². The molecule has 0 atom stereocenters. The van der Waals surface area contributed by atoms with E-state index in [1.54, 1.807) is 0 Å². The van der Waals surface area contributed by atoms with Gasteiger partial charge < -0.3 is 0 Å². The quantitative estimate of drug-likeness (QED) is 0.335. The fraction of sp³-hybridized carbons (Fsp3) is 0.294. The predicted octanol–water partition coefficient (Wildman–Crippen LogP) is 5.89. The van der Waals surface area contributed by atoms with Crippen molar-refractivity contribution in [3.05, 3.63) is 71.8 Å². The minimum Gasteiger partial charge on any atom is -0.286 e. The molecule has 0 aromatic heterocycles. The van der Waals surface area contributed by atoms with Crippen LogP contribution in [0.2, 0.25) is 0 Å². The van der Waals surface area contributed by atoms with Crippen molar-refractivity contribution in [3.63, 3.8) is 0 Å². The molecule has 0 N–H and O–H groups in total. The molecule has 2 rings (SSSR count). The first-order valence-electron chi connectivity index (χ1n) is 7.02. The van der Waals surface area contributed by atoms with Crippen molar-refractivity contribution in [1.29, 1.82) is 0 Å². The highest BCUT2D eigenvalue weighted by atomic mass is 32.2. The first-order valence-corrected chi connectivity index (χ1v) is 10.9. The third kappa shape index (κ3) is 5.00. The second-order valence-electron chi connectivity index (χ2n) is 5.31. The van der Waals surface area contributed by atoms with Gasteiger partial charge in [-0.1, -0.05) is 68.6 Å². The van der Waals surface area contributed by atoms with E-state index in [1.165, 1.54) is 23.2 Å². The number of hydrogen-bond acceptors (Lipinski definition) is 4. The van der Waals surface area contributed by atoms with Gasteiger partial charge >= 0.3 is 0 Å². The molecule has 0 heterocycles. The zero-order valence-corrected chi connectivity index (χ0v) is 15.6. The smallest absolute Gasteiger partial charge is 0.171 e. The van der Waals surface area contributed by atoms with Crippen LogP contribution in [-0.4, -0.2) is 19.7 Å². The summed E-state index contributed by atoms with van der Waals surface area (Å²) >= 11 is 2.50. The Bertz CT molecular complexity index is 510. The highest BCUT2D eigenvalue weighted by Gasteiger charge is 2.31. The normalized spacial score (nSPS) is 11.8. The standard InChI is InChI=1S/C17H21O2PS2/c1-17(15-10-6-4-7-11-15,16-12-8-5-9-13-16)21-19-22-18-14-20(2)3/h4-13H,14H2,1-3H3. The monoisotopic (exact) mass is 352 g/mol. The Morgan fingerprint density at radius 3 is 1.86 bits per heavy atom. The van der Waals surface area contributed by atoms with Gasteiger partial charge in [-0.3, -0.25) is 4.18 Å². The third-order valence-electron chi connectivity index (χ3n) is 3.24. The van der Waals surface area contributed by atoms with Crippen molar-refractivity contribution in [1.82, 2.24) is 0 Å². The summed E-state index contributed by atoms with van der Waals surface area (Å²) < 4.78 is 10.9. The molecular formula is C17H21O2PS2. The van der Waals surface area contributed by atoms with Crippen LogP contribution in [0.3, 0.4) is 0 Å². The molecule has 2 nitrogen and oxygen atoms in total. The summed E-state index contributed by atoms with van der Waals surface area (Å²) in [5, 5.41) is 0. The molecule has 2 aromatic rings. The number of benzene rings is 2. The van der Waals surface area contributed by atoms with Gasteiger partial charge in [0, 0.05) is 12.0 Å². The molecular weight excluding hydrogens is 331 g/mol. The molecule has 118 valence electrons. The molecule has 0 aliphatic heterocycles. The van der Waals surface area contributed by atoms with Crippen LogP contribution in [0, 0.1) is 0 Å². The minimum atomic E-state index is -0.276. The lowest BCUT2D eigenvalue weighted by atomic mass is 9.92. The Kier molecular flexibility index (Phi) is 7.26. The van der Waals surface area contributed by atoms with Crippen LogP contribution in [0.4, 0.5) is 0 Å². The van der Waals surface area contributed by atoms with E-state index in [0.29, 0.717) is 0 Å². The van der Waals surface area contributed by atoms with Crippen LogP contribution < -0.4 is 0 Å². The Labute approximate surface area is 143 Å². The van der Waals surface area contributed by atoms with E-state index in [-0.39, 0.29) is 12.7 Å². The van der Waals surface area contributed by atoms with E-state index in [2.05, 4.69) is 68.8 Å². The molecule has 0 aliphatic rings. The maximum Gasteiger partial charge on any atom is 0.171 e. The van der Waals surface area contributed by atoms with Crippen LogP contribution in [0.1, 0.15) is 18.1 Å². The SMILES string of the molecule is CP(C)COSOSC(C)(c1ccccc1)c1ccccc1. The topological polar surface area (TPSA) is 18.5 Å². The molecule has 0 amide bonds. The highest BCUT2D eigenvalue weighted by molar-refractivity contribution is 8.06. The highest BCUT2D eigenvalue weighted by Crippen LogP contribution is 2.44. The van der Waals surface area contributed by atoms with Crippen molar-refractivity contribution >= 4 is 32.3 Å². The fourth-order valence-corrected chi connectivity index (χ4v) is 4.30. The van der Waals surface area contributed by atoms with Crippen molar-refractivity contribution in [2.75, 3.05) is 19.7 Å². The summed E-state index contributed by atoms with van der Waals surface area (Å²) in [6, 6.07) is 20.8. The first-order chi connectivity index (χ1) is 10.6. The van der Waals surface area contributed by atoms with Gasteiger partial charge in [0.25, 0.3) is 0 Å². The predicted molar refractivity (Wildman–Crippen MR) is 100 cm³/mol. The van der Waals surface area contributed by atoms with Gasteiger partial charge in [0.1, 0.15) is 0 Å². The van der Waals surface area contributed by atoms with Gasteiger partial charge in [0.2, 0.25) is 0 Å². The average molecular weight is 352 g/mol. The van der Waals surface area contributed by atoms with E-state index in [0.717, 1.165) is 18.7 Å². The maximum atomic E-state index is 5.68.